The Morgan fingerprint density at radius 2 is 1.92 bits per heavy atom. The predicted molar refractivity (Wildman–Crippen MR) is 91.5 cm³/mol. The zero-order valence-electron chi connectivity index (χ0n) is 14.1. The minimum atomic E-state index is -0.479. The number of rotatable bonds is 7. The van der Waals surface area contributed by atoms with Crippen molar-refractivity contribution in [3.05, 3.63) is 53.7 Å². The van der Waals surface area contributed by atoms with Gasteiger partial charge in [-0.2, -0.15) is 0 Å². The molecule has 8 heteroatoms. The molecular weight excluding hydrogens is 327 g/mol. The second kappa shape index (κ2) is 8.72. The van der Waals surface area contributed by atoms with E-state index in [2.05, 4.69) is 16.0 Å². The van der Waals surface area contributed by atoms with Crippen molar-refractivity contribution in [2.24, 2.45) is 0 Å². The van der Waals surface area contributed by atoms with Gasteiger partial charge < -0.3 is 25.3 Å². The number of carbonyl (C=O) groups excluding carboxylic acids is 2. The molecule has 0 aliphatic carbocycles. The smallest absolute Gasteiger partial charge is 0.315 e. The number of benzene rings is 1. The van der Waals surface area contributed by atoms with E-state index in [0.717, 1.165) is 0 Å². The Kier molecular flexibility index (Phi) is 6.39. The van der Waals surface area contributed by atoms with Crippen LogP contribution in [0.15, 0.2) is 41.0 Å². The van der Waals surface area contributed by atoms with Crippen LogP contribution < -0.4 is 20.9 Å². The molecule has 0 saturated carbocycles. The maximum Gasteiger partial charge on any atom is 0.315 e. The molecule has 0 bridgehead atoms. The van der Waals surface area contributed by atoms with Crippen LogP contribution in [0.5, 0.6) is 0 Å². The van der Waals surface area contributed by atoms with E-state index in [1.807, 2.05) is 0 Å². The maximum absolute atomic E-state index is 13.9. The molecule has 134 valence electrons. The first kappa shape index (κ1) is 18.3. The molecule has 0 aliphatic heterocycles. The third-order valence-corrected chi connectivity index (χ3v) is 3.40. The molecule has 3 amide bonds. The quantitative estimate of drug-likeness (QED) is 0.709. The standard InChI is InChI=1S/C17H21FN4O3/c1-22(2)15-6-5-12(8-14(15)18)9-19-16(23)11-21-17(24)20-10-13-4-3-7-25-13/h3-8H,9-11H2,1-2H3,(H,19,23)(H2,20,21,24). The van der Waals surface area contributed by atoms with Crippen molar-refractivity contribution in [1.82, 2.24) is 16.0 Å². The lowest BCUT2D eigenvalue weighted by atomic mass is 10.2. The monoisotopic (exact) mass is 348 g/mol. The van der Waals surface area contributed by atoms with Gasteiger partial charge in [0.05, 0.1) is 25.0 Å². The number of hydrogen-bond donors (Lipinski definition) is 3. The van der Waals surface area contributed by atoms with Gasteiger partial charge in [-0.1, -0.05) is 6.07 Å². The summed E-state index contributed by atoms with van der Waals surface area (Å²) >= 11 is 0. The van der Waals surface area contributed by atoms with Crippen molar-refractivity contribution >= 4 is 17.6 Å². The van der Waals surface area contributed by atoms with Crippen molar-refractivity contribution < 1.29 is 18.4 Å². The van der Waals surface area contributed by atoms with Gasteiger partial charge in [-0.3, -0.25) is 4.79 Å². The van der Waals surface area contributed by atoms with Gasteiger partial charge in [-0.05, 0) is 29.8 Å². The minimum absolute atomic E-state index is 0.178. The Labute approximate surface area is 145 Å². The van der Waals surface area contributed by atoms with Gasteiger partial charge in [-0.25, -0.2) is 9.18 Å². The van der Waals surface area contributed by atoms with E-state index in [1.165, 1.54) is 12.3 Å². The summed E-state index contributed by atoms with van der Waals surface area (Å²) in [6.45, 7) is 0.235. The van der Waals surface area contributed by atoms with Gasteiger partial charge in [0.1, 0.15) is 11.6 Å². The lowest BCUT2D eigenvalue weighted by Gasteiger charge is -2.14. The molecule has 0 aliphatic rings. The Morgan fingerprint density at radius 3 is 2.56 bits per heavy atom. The summed E-state index contributed by atoms with van der Waals surface area (Å²) in [4.78, 5) is 25.0. The Bertz CT molecular complexity index is 717. The molecule has 3 N–H and O–H groups in total. The molecule has 7 nitrogen and oxygen atoms in total. The van der Waals surface area contributed by atoms with Crippen molar-refractivity contribution in [2.75, 3.05) is 25.5 Å². The zero-order chi connectivity index (χ0) is 18.2. The van der Waals surface area contributed by atoms with E-state index in [4.69, 9.17) is 4.42 Å². The first-order valence-electron chi connectivity index (χ1n) is 7.72. The van der Waals surface area contributed by atoms with Gasteiger partial charge in [0.25, 0.3) is 0 Å². The van der Waals surface area contributed by atoms with Crippen molar-refractivity contribution in [3.63, 3.8) is 0 Å². The van der Waals surface area contributed by atoms with E-state index in [1.54, 1.807) is 43.3 Å². The number of hydrogen-bond acceptors (Lipinski definition) is 4. The van der Waals surface area contributed by atoms with Crippen LogP contribution >= 0.6 is 0 Å². The molecule has 0 unspecified atom stereocenters. The average molecular weight is 348 g/mol. The van der Waals surface area contributed by atoms with Crippen LogP contribution in [0.25, 0.3) is 0 Å². The van der Waals surface area contributed by atoms with Crippen LogP contribution in [0.1, 0.15) is 11.3 Å². The number of nitrogens with zero attached hydrogens (tertiary/aromatic N) is 1. The number of nitrogens with one attached hydrogen (secondary N) is 3. The fourth-order valence-electron chi connectivity index (χ4n) is 2.09. The minimum Gasteiger partial charge on any atom is -0.467 e. The molecule has 2 rings (SSSR count). The van der Waals surface area contributed by atoms with Gasteiger partial charge in [-0.15, -0.1) is 0 Å². The highest BCUT2D eigenvalue weighted by molar-refractivity contribution is 5.83. The summed E-state index contributed by atoms with van der Waals surface area (Å²) in [7, 11) is 3.50. The summed E-state index contributed by atoms with van der Waals surface area (Å²) in [5.41, 5.74) is 1.11. The van der Waals surface area contributed by atoms with Crippen LogP contribution in [0, 0.1) is 5.82 Å². The van der Waals surface area contributed by atoms with Gasteiger partial charge >= 0.3 is 6.03 Å². The molecule has 0 spiro atoms. The molecule has 25 heavy (non-hydrogen) atoms. The molecule has 2 aromatic rings. The van der Waals surface area contributed by atoms with Crippen molar-refractivity contribution in [1.29, 1.82) is 0 Å². The molecule has 0 fully saturated rings. The van der Waals surface area contributed by atoms with Crippen molar-refractivity contribution in [3.8, 4) is 0 Å². The second-order valence-corrected chi connectivity index (χ2v) is 5.57. The number of urea groups is 1. The highest BCUT2D eigenvalue weighted by atomic mass is 19.1. The maximum atomic E-state index is 13.9. The molecular formula is C17H21FN4O3. The fourth-order valence-corrected chi connectivity index (χ4v) is 2.09. The van der Waals surface area contributed by atoms with E-state index < -0.39 is 6.03 Å². The highest BCUT2D eigenvalue weighted by Gasteiger charge is 2.08. The summed E-state index contributed by atoms with van der Waals surface area (Å²) in [6, 6.07) is 7.73. The SMILES string of the molecule is CN(C)c1ccc(CNC(=O)CNC(=O)NCc2ccco2)cc1F. The normalized spacial score (nSPS) is 10.2. The number of halogens is 1. The lowest BCUT2D eigenvalue weighted by Crippen LogP contribution is -2.41. The third-order valence-electron chi connectivity index (χ3n) is 3.40. The van der Waals surface area contributed by atoms with Crippen LogP contribution in [-0.2, 0) is 17.9 Å². The summed E-state index contributed by atoms with van der Waals surface area (Å²) < 4.78 is 18.9. The number of furan rings is 1. The Hall–Kier alpha value is -3.03. The number of anilines is 1. The number of carbonyl (C=O) groups is 2. The molecule has 1 heterocycles. The molecule has 1 aromatic heterocycles. The van der Waals surface area contributed by atoms with Gasteiger partial charge in [0.15, 0.2) is 0 Å². The van der Waals surface area contributed by atoms with E-state index in [0.29, 0.717) is 17.0 Å². The Morgan fingerprint density at radius 1 is 1.12 bits per heavy atom. The number of amides is 3. The van der Waals surface area contributed by atoms with Crippen LogP contribution in [-0.4, -0.2) is 32.6 Å². The molecule has 0 radical (unpaired) electrons. The van der Waals surface area contributed by atoms with E-state index in [9.17, 15) is 14.0 Å². The van der Waals surface area contributed by atoms with Crippen LogP contribution in [0.2, 0.25) is 0 Å². The van der Waals surface area contributed by atoms with Gasteiger partial charge in [0.2, 0.25) is 5.91 Å². The fraction of sp³-hybridized carbons (Fsp3) is 0.294. The molecule has 1 aromatic carbocycles. The van der Waals surface area contributed by atoms with Crippen molar-refractivity contribution in [2.45, 2.75) is 13.1 Å². The summed E-state index contributed by atoms with van der Waals surface area (Å²) in [5, 5.41) is 7.61. The van der Waals surface area contributed by atoms with Crippen LogP contribution in [0.4, 0.5) is 14.9 Å². The van der Waals surface area contributed by atoms with E-state index >= 15 is 0 Å². The second-order valence-electron chi connectivity index (χ2n) is 5.57. The zero-order valence-corrected chi connectivity index (χ0v) is 14.1. The van der Waals surface area contributed by atoms with Gasteiger partial charge in [0, 0.05) is 20.6 Å². The Balaban J connectivity index is 1.70. The first-order chi connectivity index (χ1) is 12.0. The lowest BCUT2D eigenvalue weighted by molar-refractivity contribution is -0.120. The predicted octanol–water partition coefficient (Wildman–Crippen LogP) is 1.60. The summed E-state index contributed by atoms with van der Waals surface area (Å²) in [5.74, 6) is -0.111. The third kappa shape index (κ3) is 5.83. The topological polar surface area (TPSA) is 86.6 Å². The highest BCUT2D eigenvalue weighted by Crippen LogP contribution is 2.18. The molecule has 0 saturated heterocycles. The molecule has 0 atom stereocenters. The largest absolute Gasteiger partial charge is 0.467 e. The first-order valence-corrected chi connectivity index (χ1v) is 7.72. The van der Waals surface area contributed by atoms with Crippen LogP contribution in [0.3, 0.4) is 0 Å². The van der Waals surface area contributed by atoms with E-state index in [-0.39, 0.29) is 31.4 Å². The average Bonchev–Trinajstić information content (AvgIpc) is 3.09. The summed E-state index contributed by atoms with van der Waals surface area (Å²) in [6.07, 6.45) is 1.51.